The van der Waals surface area contributed by atoms with Crippen molar-refractivity contribution in [1.82, 2.24) is 5.43 Å². The largest absolute Gasteiger partial charge is 0.493 e. The first-order valence-electron chi connectivity index (χ1n) is 6.84. The quantitative estimate of drug-likeness (QED) is 0.661. The molecule has 3 rings (SSSR count). The summed E-state index contributed by atoms with van der Waals surface area (Å²) < 4.78 is 5.71. The molecule has 0 aliphatic carbocycles. The number of nitrogens with one attached hydrogen (secondary N) is 1. The summed E-state index contributed by atoms with van der Waals surface area (Å²) in [6, 6.07) is 13.5. The number of hydrogen-bond donors (Lipinski definition) is 2. The highest BCUT2D eigenvalue weighted by Gasteiger charge is 2.30. The van der Waals surface area contributed by atoms with Crippen LogP contribution >= 0.6 is 23.2 Å². The van der Waals surface area contributed by atoms with E-state index < -0.39 is 0 Å². The van der Waals surface area contributed by atoms with Crippen molar-refractivity contribution in [2.45, 2.75) is 18.4 Å². The summed E-state index contributed by atoms with van der Waals surface area (Å²) >= 11 is 12.5. The number of nitrogens with two attached hydrogens (primary N) is 1. The van der Waals surface area contributed by atoms with Gasteiger partial charge in [-0.3, -0.25) is 11.3 Å². The van der Waals surface area contributed by atoms with Gasteiger partial charge in [0.25, 0.3) is 0 Å². The molecule has 3 nitrogen and oxygen atoms in total. The van der Waals surface area contributed by atoms with Gasteiger partial charge in [0, 0.05) is 5.92 Å². The van der Waals surface area contributed by atoms with E-state index in [0.717, 1.165) is 23.3 Å². The lowest BCUT2D eigenvalue weighted by molar-refractivity contribution is 0.246. The minimum atomic E-state index is -0.110. The van der Waals surface area contributed by atoms with Crippen molar-refractivity contribution < 1.29 is 4.74 Å². The molecule has 5 heteroatoms. The van der Waals surface area contributed by atoms with Crippen LogP contribution in [0, 0.1) is 0 Å². The molecule has 2 atom stereocenters. The van der Waals surface area contributed by atoms with Crippen LogP contribution in [0.25, 0.3) is 0 Å². The third kappa shape index (κ3) is 2.74. The van der Waals surface area contributed by atoms with Gasteiger partial charge in [-0.1, -0.05) is 53.5 Å². The number of hydrogen-bond acceptors (Lipinski definition) is 3. The van der Waals surface area contributed by atoms with E-state index in [4.69, 9.17) is 33.8 Å². The fourth-order valence-corrected chi connectivity index (χ4v) is 3.32. The van der Waals surface area contributed by atoms with Crippen molar-refractivity contribution >= 4 is 23.2 Å². The normalized spacial score (nSPS) is 18.7. The molecule has 21 heavy (non-hydrogen) atoms. The monoisotopic (exact) mass is 322 g/mol. The van der Waals surface area contributed by atoms with Gasteiger partial charge in [0.1, 0.15) is 5.75 Å². The zero-order chi connectivity index (χ0) is 14.8. The molecular formula is C16H16Cl2N2O. The maximum Gasteiger partial charge on any atom is 0.122 e. The lowest BCUT2D eigenvalue weighted by atomic mass is 9.83. The van der Waals surface area contributed by atoms with Crippen molar-refractivity contribution in [3.8, 4) is 5.75 Å². The van der Waals surface area contributed by atoms with Gasteiger partial charge in [-0.15, -0.1) is 0 Å². The van der Waals surface area contributed by atoms with E-state index in [0.29, 0.717) is 16.7 Å². The smallest absolute Gasteiger partial charge is 0.122 e. The Kier molecular flexibility index (Phi) is 4.36. The Bertz CT molecular complexity index is 648. The average Bonchev–Trinajstić information content (AvgIpc) is 2.52. The van der Waals surface area contributed by atoms with Gasteiger partial charge in [-0.05, 0) is 29.7 Å². The molecule has 2 unspecified atom stereocenters. The third-order valence-electron chi connectivity index (χ3n) is 3.90. The lowest BCUT2D eigenvalue weighted by Crippen LogP contribution is -2.35. The second-order valence-electron chi connectivity index (χ2n) is 5.07. The van der Waals surface area contributed by atoms with Crippen LogP contribution in [-0.4, -0.2) is 6.61 Å². The topological polar surface area (TPSA) is 47.3 Å². The Morgan fingerprint density at radius 2 is 1.95 bits per heavy atom. The number of para-hydroxylation sites is 1. The van der Waals surface area contributed by atoms with E-state index in [1.165, 1.54) is 0 Å². The number of ether oxygens (including phenoxy) is 1. The second kappa shape index (κ2) is 6.24. The number of benzene rings is 2. The van der Waals surface area contributed by atoms with Crippen LogP contribution in [-0.2, 0) is 0 Å². The lowest BCUT2D eigenvalue weighted by Gasteiger charge is -2.32. The molecular weight excluding hydrogens is 307 g/mol. The van der Waals surface area contributed by atoms with Crippen LogP contribution in [0.5, 0.6) is 5.75 Å². The standard InChI is InChI=1S/C16H16Cl2N2O/c17-13-6-3-5-12(15(13)18)16(20-19)11-8-9-21-14-7-2-1-4-10(11)14/h1-7,11,16,20H,8-9,19H2. The highest BCUT2D eigenvalue weighted by Crippen LogP contribution is 2.43. The van der Waals surface area contributed by atoms with Crippen LogP contribution in [0.3, 0.4) is 0 Å². The van der Waals surface area contributed by atoms with Gasteiger partial charge in [0.2, 0.25) is 0 Å². The molecule has 3 N–H and O–H groups in total. The Labute approximate surface area is 134 Å². The molecule has 0 radical (unpaired) electrons. The van der Waals surface area contributed by atoms with Crippen LogP contribution < -0.4 is 16.0 Å². The summed E-state index contributed by atoms with van der Waals surface area (Å²) in [6.45, 7) is 0.665. The molecule has 0 saturated heterocycles. The fourth-order valence-electron chi connectivity index (χ4n) is 2.90. The molecule has 0 aromatic heterocycles. The first kappa shape index (κ1) is 14.7. The van der Waals surface area contributed by atoms with Crippen LogP contribution in [0.2, 0.25) is 10.0 Å². The Hall–Kier alpha value is -1.26. The van der Waals surface area contributed by atoms with Crippen molar-refractivity contribution in [3.63, 3.8) is 0 Å². The van der Waals surface area contributed by atoms with E-state index in [1.807, 2.05) is 30.3 Å². The molecule has 0 bridgehead atoms. The highest BCUT2D eigenvalue weighted by atomic mass is 35.5. The summed E-state index contributed by atoms with van der Waals surface area (Å²) in [7, 11) is 0. The fraction of sp³-hybridized carbons (Fsp3) is 0.250. The van der Waals surface area contributed by atoms with Gasteiger partial charge in [-0.25, -0.2) is 0 Å². The SMILES string of the molecule is NNC(c1cccc(Cl)c1Cl)C1CCOc2ccccc21. The number of rotatable bonds is 3. The number of halogens is 2. The number of hydrazine groups is 1. The molecule has 110 valence electrons. The molecule has 0 amide bonds. The zero-order valence-corrected chi connectivity index (χ0v) is 12.9. The maximum atomic E-state index is 6.35. The predicted octanol–water partition coefficient (Wildman–Crippen LogP) is 4.06. The van der Waals surface area contributed by atoms with Crippen molar-refractivity contribution in [1.29, 1.82) is 0 Å². The summed E-state index contributed by atoms with van der Waals surface area (Å²) in [5.41, 5.74) is 4.95. The molecule has 1 heterocycles. The number of fused-ring (bicyclic) bond motifs is 1. The minimum absolute atomic E-state index is 0.110. The summed E-state index contributed by atoms with van der Waals surface area (Å²) in [5.74, 6) is 6.92. The van der Waals surface area contributed by atoms with Gasteiger partial charge in [0.15, 0.2) is 0 Å². The molecule has 0 fully saturated rings. The van der Waals surface area contributed by atoms with Crippen LogP contribution in [0.4, 0.5) is 0 Å². The zero-order valence-electron chi connectivity index (χ0n) is 11.4. The van der Waals surface area contributed by atoms with Crippen LogP contribution in [0.15, 0.2) is 42.5 Å². The highest BCUT2D eigenvalue weighted by molar-refractivity contribution is 6.42. The Morgan fingerprint density at radius 1 is 1.14 bits per heavy atom. The van der Waals surface area contributed by atoms with Crippen molar-refractivity contribution in [2.24, 2.45) is 5.84 Å². The molecule has 2 aromatic rings. The van der Waals surface area contributed by atoms with E-state index in [-0.39, 0.29) is 12.0 Å². The molecule has 1 aliphatic heterocycles. The second-order valence-corrected chi connectivity index (χ2v) is 5.85. The van der Waals surface area contributed by atoms with E-state index in [2.05, 4.69) is 11.5 Å². The Morgan fingerprint density at radius 3 is 2.76 bits per heavy atom. The van der Waals surface area contributed by atoms with Crippen molar-refractivity contribution in [2.75, 3.05) is 6.61 Å². The summed E-state index contributed by atoms with van der Waals surface area (Å²) in [4.78, 5) is 0. The van der Waals surface area contributed by atoms with Crippen LogP contribution in [0.1, 0.15) is 29.5 Å². The van der Waals surface area contributed by atoms with E-state index >= 15 is 0 Å². The average molecular weight is 323 g/mol. The maximum absolute atomic E-state index is 6.35. The van der Waals surface area contributed by atoms with E-state index in [1.54, 1.807) is 6.07 Å². The Balaban J connectivity index is 2.04. The minimum Gasteiger partial charge on any atom is -0.493 e. The first-order chi connectivity index (χ1) is 10.2. The first-order valence-corrected chi connectivity index (χ1v) is 7.59. The van der Waals surface area contributed by atoms with Gasteiger partial charge >= 0.3 is 0 Å². The summed E-state index contributed by atoms with van der Waals surface area (Å²) in [5, 5.41) is 1.08. The molecule has 2 aromatic carbocycles. The van der Waals surface area contributed by atoms with Gasteiger partial charge in [0.05, 0.1) is 22.7 Å². The van der Waals surface area contributed by atoms with Crippen molar-refractivity contribution in [3.05, 3.63) is 63.6 Å². The molecule has 0 spiro atoms. The third-order valence-corrected chi connectivity index (χ3v) is 4.74. The molecule has 1 aliphatic rings. The summed E-state index contributed by atoms with van der Waals surface area (Å²) in [6.07, 6.45) is 0.870. The van der Waals surface area contributed by atoms with Gasteiger partial charge < -0.3 is 4.74 Å². The van der Waals surface area contributed by atoms with E-state index in [9.17, 15) is 0 Å². The molecule has 0 saturated carbocycles. The van der Waals surface area contributed by atoms with Gasteiger partial charge in [-0.2, -0.15) is 0 Å². The predicted molar refractivity (Wildman–Crippen MR) is 85.8 cm³/mol.